The molecule has 0 amide bonds. The minimum Gasteiger partial charge on any atom is 1.00 e. The Balaban J connectivity index is 0.00000121. The van der Waals surface area contributed by atoms with E-state index in [-0.39, 0.29) is 1.43 Å². The molecule has 0 aliphatic carbocycles. The van der Waals surface area contributed by atoms with Gasteiger partial charge in [0.15, 0.2) is 0 Å². The largest absolute Gasteiger partial charge is 1.00 e. The zero-order valence-electron chi connectivity index (χ0n) is 7.83. The van der Waals surface area contributed by atoms with E-state index in [1.165, 1.54) is 16.5 Å². The molecule has 0 saturated heterocycles. The molecule has 1 aromatic carbocycles. The van der Waals surface area contributed by atoms with Crippen LogP contribution < -0.4 is 0 Å². The topological polar surface area (TPSA) is 0 Å². The van der Waals surface area contributed by atoms with Crippen molar-refractivity contribution < 1.29 is 1.43 Å². The summed E-state index contributed by atoms with van der Waals surface area (Å²) in [5.74, 6) is 0.839. The molecule has 0 bridgehead atoms. The van der Waals surface area contributed by atoms with Gasteiger partial charge in [0, 0.05) is 0 Å². The van der Waals surface area contributed by atoms with Gasteiger partial charge >= 0.3 is 83.3 Å². The normalized spacial score (nSPS) is 12.9. The van der Waals surface area contributed by atoms with Crippen molar-refractivity contribution in [1.29, 1.82) is 0 Å². The van der Waals surface area contributed by atoms with E-state index in [4.69, 9.17) is 0 Å². The molecule has 1 heteroatoms. The molecule has 1 unspecified atom stereocenters. The number of hydrogen-bond acceptors (Lipinski definition) is 0. The summed E-state index contributed by atoms with van der Waals surface area (Å²) in [6.45, 7) is 2.31. The number of rotatable bonds is 3. The zero-order chi connectivity index (χ0) is 8.10. The van der Waals surface area contributed by atoms with Crippen LogP contribution in [0.1, 0.15) is 13.9 Å². The summed E-state index contributed by atoms with van der Waals surface area (Å²) in [7, 11) is 0. The molecule has 0 nitrogen and oxygen atoms in total. The van der Waals surface area contributed by atoms with Crippen LogP contribution in [0.2, 0.25) is 4.47 Å². The molecule has 60 valence electrons. The summed E-state index contributed by atoms with van der Waals surface area (Å²) >= 11 is 1.92. The molecule has 1 aromatic rings. The van der Waals surface area contributed by atoms with Crippen molar-refractivity contribution in [2.75, 3.05) is 0 Å². The summed E-state index contributed by atoms with van der Waals surface area (Å²) < 4.78 is 1.32. The first-order valence-electron chi connectivity index (χ1n) is 3.97. The van der Waals surface area contributed by atoms with Crippen LogP contribution in [-0.4, -0.2) is 22.3 Å². The third-order valence-corrected chi connectivity index (χ3v) is 3.52. The molecule has 1 atom stereocenters. The average Bonchev–Trinajstić information content (AvgIpc) is 2.06. The van der Waals surface area contributed by atoms with Crippen LogP contribution >= 0.6 is 0 Å². The fraction of sp³-hybridized carbons (Fsp3) is 0.400. The molecule has 0 spiro atoms. The minimum atomic E-state index is 0. The van der Waals surface area contributed by atoms with E-state index in [2.05, 4.69) is 37.3 Å². The molecule has 0 saturated carbocycles. The van der Waals surface area contributed by atoms with Crippen molar-refractivity contribution in [3.8, 4) is 0 Å². The second-order valence-electron chi connectivity index (χ2n) is 2.98. The molecule has 0 aliphatic heterocycles. The Morgan fingerprint density at radius 3 is 2.55 bits per heavy atom. The monoisotopic (exact) mass is 265 g/mol. The third kappa shape index (κ3) is 3.27. The second-order valence-corrected chi connectivity index (χ2v) is 4.02. The van der Waals surface area contributed by atoms with Crippen LogP contribution in [0.15, 0.2) is 30.3 Å². The van der Waals surface area contributed by atoms with Crippen molar-refractivity contribution in [2.24, 2.45) is 5.92 Å². The standard InChI is InChI=1S/C10H14Te/c1-9(8-11)7-10-5-3-2-4-6-10/h2-6,9,11H,7-8H2,1H3/p+1. The van der Waals surface area contributed by atoms with Crippen LogP contribution in [0.25, 0.3) is 0 Å². The second kappa shape index (κ2) is 4.80. The van der Waals surface area contributed by atoms with Gasteiger partial charge in [0.25, 0.3) is 0 Å². The number of benzene rings is 1. The van der Waals surface area contributed by atoms with Gasteiger partial charge in [-0.25, -0.2) is 0 Å². The van der Waals surface area contributed by atoms with Crippen LogP contribution in [-0.2, 0) is 6.42 Å². The molecule has 1 rings (SSSR count). The van der Waals surface area contributed by atoms with Gasteiger partial charge in [-0.3, -0.25) is 0 Å². The molecule has 11 heavy (non-hydrogen) atoms. The first-order valence-corrected chi connectivity index (χ1v) is 5.78. The SMILES string of the molecule is CC(C[TeH])Cc1ccccc1.[H+]. The summed E-state index contributed by atoms with van der Waals surface area (Å²) in [4.78, 5) is 0. The summed E-state index contributed by atoms with van der Waals surface area (Å²) in [5.41, 5.74) is 1.47. The predicted molar refractivity (Wildman–Crippen MR) is 52.4 cm³/mol. The maximum absolute atomic E-state index is 2.31. The average molecular weight is 263 g/mol. The Morgan fingerprint density at radius 2 is 2.00 bits per heavy atom. The van der Waals surface area contributed by atoms with Crippen LogP contribution in [0.4, 0.5) is 0 Å². The van der Waals surface area contributed by atoms with E-state index in [1.807, 2.05) is 22.3 Å². The van der Waals surface area contributed by atoms with Crippen molar-refractivity contribution in [3.63, 3.8) is 0 Å². The van der Waals surface area contributed by atoms with E-state index in [0.717, 1.165) is 5.92 Å². The Bertz CT molecular complexity index is 198. The zero-order valence-corrected chi connectivity index (χ0v) is 9.38. The molecule has 0 fully saturated rings. The molecule has 0 aromatic heterocycles. The minimum absolute atomic E-state index is 0. The molecule has 0 radical (unpaired) electrons. The Hall–Kier alpha value is 0.00961. The van der Waals surface area contributed by atoms with Crippen molar-refractivity contribution in [1.82, 2.24) is 0 Å². The van der Waals surface area contributed by atoms with Crippen molar-refractivity contribution in [2.45, 2.75) is 17.8 Å². The van der Waals surface area contributed by atoms with Crippen molar-refractivity contribution in [3.05, 3.63) is 35.9 Å². The van der Waals surface area contributed by atoms with E-state index < -0.39 is 0 Å². The Kier molecular flexibility index (Phi) is 3.97. The fourth-order valence-electron chi connectivity index (χ4n) is 1.08. The van der Waals surface area contributed by atoms with Crippen LogP contribution in [0.3, 0.4) is 0 Å². The Labute approximate surface area is 83.4 Å². The van der Waals surface area contributed by atoms with E-state index >= 15 is 0 Å². The van der Waals surface area contributed by atoms with E-state index in [1.54, 1.807) is 0 Å². The van der Waals surface area contributed by atoms with E-state index in [9.17, 15) is 0 Å². The van der Waals surface area contributed by atoms with Crippen molar-refractivity contribution >= 4 is 22.3 Å². The van der Waals surface area contributed by atoms with Gasteiger partial charge in [0.2, 0.25) is 0 Å². The van der Waals surface area contributed by atoms with Gasteiger partial charge in [-0.2, -0.15) is 0 Å². The molecule has 0 heterocycles. The van der Waals surface area contributed by atoms with E-state index in [0.29, 0.717) is 0 Å². The summed E-state index contributed by atoms with van der Waals surface area (Å²) in [6.07, 6.45) is 1.23. The summed E-state index contributed by atoms with van der Waals surface area (Å²) in [6, 6.07) is 10.7. The quantitative estimate of drug-likeness (QED) is 0.734. The van der Waals surface area contributed by atoms with Crippen LogP contribution in [0.5, 0.6) is 0 Å². The fourth-order valence-corrected chi connectivity index (χ4v) is 1.45. The van der Waals surface area contributed by atoms with Gasteiger partial charge in [0.1, 0.15) is 0 Å². The predicted octanol–water partition coefficient (Wildman–Crippen LogP) is 2.30. The van der Waals surface area contributed by atoms with Gasteiger partial charge in [-0.05, 0) is 0 Å². The first-order chi connectivity index (χ1) is 5.33. The van der Waals surface area contributed by atoms with Gasteiger partial charge < -0.3 is 0 Å². The van der Waals surface area contributed by atoms with Gasteiger partial charge in [0.05, 0.1) is 0 Å². The molecule has 0 N–H and O–H groups in total. The number of hydrogen-bond donors (Lipinski definition) is 0. The molecular weight excluding hydrogens is 248 g/mol. The summed E-state index contributed by atoms with van der Waals surface area (Å²) in [5, 5.41) is 0. The molecule has 0 aliphatic rings. The molecular formula is C10H15Te+. The third-order valence-electron chi connectivity index (χ3n) is 1.74. The maximum Gasteiger partial charge on any atom is 1.00 e. The Morgan fingerprint density at radius 1 is 1.36 bits per heavy atom. The maximum atomic E-state index is 2.31. The van der Waals surface area contributed by atoms with Gasteiger partial charge in [-0.15, -0.1) is 0 Å². The van der Waals surface area contributed by atoms with Crippen LogP contribution in [0, 0.1) is 5.92 Å². The van der Waals surface area contributed by atoms with Gasteiger partial charge in [-0.1, -0.05) is 0 Å². The smallest absolute Gasteiger partial charge is 1.00 e. The first kappa shape index (κ1) is 9.10.